The number of rotatable bonds is 7. The monoisotopic (exact) mass is 453 g/mol. The van der Waals surface area contributed by atoms with E-state index in [0.717, 1.165) is 9.13 Å². The van der Waals surface area contributed by atoms with Crippen LogP contribution in [0.1, 0.15) is 11.1 Å². The van der Waals surface area contributed by atoms with Gasteiger partial charge in [0.25, 0.3) is 5.69 Å². The fourth-order valence-electron chi connectivity index (χ4n) is 2.29. The largest absolute Gasteiger partial charge is 0.368 e. The second-order valence-electron chi connectivity index (χ2n) is 5.46. The highest BCUT2D eigenvalue weighted by molar-refractivity contribution is 14.1. The first kappa shape index (κ1) is 18.8. The number of halogens is 1. The first-order valence-electron chi connectivity index (χ1n) is 7.41. The second kappa shape index (κ2) is 8.56. The Kier molecular flexibility index (Phi) is 6.45. The van der Waals surface area contributed by atoms with Gasteiger partial charge < -0.3 is 11.1 Å². The van der Waals surface area contributed by atoms with Crippen molar-refractivity contribution in [3.8, 4) is 0 Å². The van der Waals surface area contributed by atoms with Gasteiger partial charge in [0.2, 0.25) is 11.8 Å². The van der Waals surface area contributed by atoms with E-state index in [1.165, 1.54) is 18.2 Å². The number of carbonyl (C=O) groups excluding carboxylic acids is 2. The van der Waals surface area contributed by atoms with Crippen molar-refractivity contribution in [2.75, 3.05) is 0 Å². The van der Waals surface area contributed by atoms with Gasteiger partial charge in [0.05, 0.1) is 11.3 Å². The summed E-state index contributed by atoms with van der Waals surface area (Å²) in [6.45, 7) is 0. The molecule has 0 aromatic heterocycles. The Bertz CT molecular complexity index is 793. The van der Waals surface area contributed by atoms with Gasteiger partial charge in [-0.1, -0.05) is 24.3 Å². The molecule has 0 bridgehead atoms. The molecule has 3 N–H and O–H groups in total. The first-order chi connectivity index (χ1) is 11.8. The molecule has 0 unspecified atom stereocenters. The van der Waals surface area contributed by atoms with Crippen molar-refractivity contribution in [3.63, 3.8) is 0 Å². The molecule has 0 fully saturated rings. The number of nitro groups is 1. The predicted octanol–water partition coefficient (Wildman–Crippen LogP) is 1.95. The number of carbonyl (C=O) groups is 2. The molecule has 2 rings (SSSR count). The maximum absolute atomic E-state index is 12.2. The van der Waals surface area contributed by atoms with Gasteiger partial charge in [0, 0.05) is 22.1 Å². The van der Waals surface area contributed by atoms with E-state index in [0.29, 0.717) is 5.56 Å². The number of nitrogens with two attached hydrogens (primary N) is 1. The van der Waals surface area contributed by atoms with Crippen molar-refractivity contribution < 1.29 is 14.5 Å². The molecule has 2 aromatic rings. The number of primary amides is 1. The van der Waals surface area contributed by atoms with Gasteiger partial charge in [-0.15, -0.1) is 0 Å². The van der Waals surface area contributed by atoms with E-state index in [1.54, 1.807) is 6.07 Å². The molecular weight excluding hydrogens is 437 g/mol. The van der Waals surface area contributed by atoms with Crippen molar-refractivity contribution in [1.29, 1.82) is 0 Å². The van der Waals surface area contributed by atoms with E-state index in [2.05, 4.69) is 27.9 Å². The minimum atomic E-state index is -0.841. The Morgan fingerprint density at radius 3 is 2.44 bits per heavy atom. The molecule has 2 amide bonds. The number of nitrogens with one attached hydrogen (secondary N) is 1. The van der Waals surface area contributed by atoms with Crippen LogP contribution in [0, 0.1) is 13.7 Å². The molecule has 8 heteroatoms. The Labute approximate surface area is 157 Å². The summed E-state index contributed by atoms with van der Waals surface area (Å²) < 4.78 is 1.06. The molecule has 0 heterocycles. The van der Waals surface area contributed by atoms with Gasteiger partial charge in [0.15, 0.2) is 0 Å². The third-order valence-electron chi connectivity index (χ3n) is 3.52. The van der Waals surface area contributed by atoms with Gasteiger partial charge in [-0.05, 0) is 45.9 Å². The molecular formula is C17H16IN3O4. The zero-order chi connectivity index (χ0) is 18.4. The second-order valence-corrected chi connectivity index (χ2v) is 6.70. The predicted molar refractivity (Wildman–Crippen MR) is 101 cm³/mol. The minimum Gasteiger partial charge on any atom is -0.368 e. The third kappa shape index (κ3) is 5.82. The van der Waals surface area contributed by atoms with Gasteiger partial charge in [-0.3, -0.25) is 19.7 Å². The summed E-state index contributed by atoms with van der Waals surface area (Å²) in [5, 5.41) is 13.4. The summed E-state index contributed by atoms with van der Waals surface area (Å²) in [5.74, 6) is -1.05. The van der Waals surface area contributed by atoms with E-state index < -0.39 is 22.8 Å². The van der Waals surface area contributed by atoms with Crippen LogP contribution < -0.4 is 11.1 Å². The highest BCUT2D eigenvalue weighted by atomic mass is 127. The van der Waals surface area contributed by atoms with E-state index in [1.807, 2.05) is 24.3 Å². The smallest absolute Gasteiger partial charge is 0.269 e. The maximum atomic E-state index is 12.2. The van der Waals surface area contributed by atoms with Gasteiger partial charge in [-0.2, -0.15) is 0 Å². The number of hydrogen-bond donors (Lipinski definition) is 2. The average Bonchev–Trinajstić information content (AvgIpc) is 2.56. The summed E-state index contributed by atoms with van der Waals surface area (Å²) >= 11 is 2.17. The summed E-state index contributed by atoms with van der Waals surface area (Å²) in [6, 6.07) is 12.5. The lowest BCUT2D eigenvalue weighted by molar-refractivity contribution is -0.384. The highest BCUT2D eigenvalue weighted by Crippen LogP contribution is 2.14. The van der Waals surface area contributed by atoms with Crippen LogP contribution in [-0.4, -0.2) is 22.8 Å². The van der Waals surface area contributed by atoms with Crippen LogP contribution in [0.4, 0.5) is 5.69 Å². The minimum absolute atomic E-state index is 0.0713. The number of non-ortho nitro benzene ring substituents is 1. The summed E-state index contributed by atoms with van der Waals surface area (Å²) in [5.41, 5.74) is 6.65. The van der Waals surface area contributed by atoms with Gasteiger partial charge >= 0.3 is 0 Å². The lowest BCUT2D eigenvalue weighted by Crippen LogP contribution is -2.46. The summed E-state index contributed by atoms with van der Waals surface area (Å²) in [4.78, 5) is 34.0. The van der Waals surface area contributed by atoms with Crippen molar-refractivity contribution in [2.24, 2.45) is 5.73 Å². The Hall–Kier alpha value is -2.49. The number of nitrogens with zero attached hydrogens (tertiary/aromatic N) is 1. The van der Waals surface area contributed by atoms with Gasteiger partial charge in [-0.25, -0.2) is 0 Å². The molecule has 1 atom stereocenters. The quantitative estimate of drug-likeness (QED) is 0.379. The van der Waals surface area contributed by atoms with Crippen LogP contribution >= 0.6 is 22.6 Å². The molecule has 0 spiro atoms. The number of nitro benzene ring substituents is 1. The Morgan fingerprint density at radius 1 is 1.16 bits per heavy atom. The molecule has 0 aliphatic rings. The highest BCUT2D eigenvalue weighted by Gasteiger charge is 2.19. The van der Waals surface area contributed by atoms with E-state index in [-0.39, 0.29) is 18.5 Å². The van der Waals surface area contributed by atoms with Crippen molar-refractivity contribution in [3.05, 3.63) is 73.3 Å². The normalized spacial score (nSPS) is 11.6. The molecule has 2 aromatic carbocycles. The fraction of sp³-hybridized carbons (Fsp3) is 0.176. The molecule has 0 saturated heterocycles. The topological polar surface area (TPSA) is 115 Å². The lowest BCUT2D eigenvalue weighted by Gasteiger charge is -2.15. The Morgan fingerprint density at radius 2 is 1.84 bits per heavy atom. The summed E-state index contributed by atoms with van der Waals surface area (Å²) in [6.07, 6.45) is 0.213. The lowest BCUT2D eigenvalue weighted by atomic mass is 10.0. The standard InChI is InChI=1S/C17H16IN3O4/c18-13-6-4-11(5-7-13)9-15(17(19)23)20-16(22)10-12-2-1-3-14(8-12)21(24)25/h1-8,15H,9-10H2,(H2,19,23)(H,20,22)/t15-/m1/s1. The SMILES string of the molecule is NC(=O)[C@@H](Cc1ccc(I)cc1)NC(=O)Cc1cccc([N+](=O)[O-])c1. The molecule has 0 radical (unpaired) electrons. The number of benzene rings is 2. The zero-order valence-corrected chi connectivity index (χ0v) is 15.3. The summed E-state index contributed by atoms with van der Waals surface area (Å²) in [7, 11) is 0. The fourth-order valence-corrected chi connectivity index (χ4v) is 2.65. The first-order valence-corrected chi connectivity index (χ1v) is 8.49. The van der Waals surface area contributed by atoms with Gasteiger partial charge in [0.1, 0.15) is 6.04 Å². The molecule has 0 aliphatic heterocycles. The van der Waals surface area contributed by atoms with Crippen molar-refractivity contribution >= 4 is 40.1 Å². The van der Waals surface area contributed by atoms with Crippen LogP contribution in [0.25, 0.3) is 0 Å². The van der Waals surface area contributed by atoms with E-state index in [9.17, 15) is 19.7 Å². The Balaban J connectivity index is 2.02. The molecule has 7 nitrogen and oxygen atoms in total. The van der Waals surface area contributed by atoms with Crippen molar-refractivity contribution in [2.45, 2.75) is 18.9 Å². The molecule has 25 heavy (non-hydrogen) atoms. The van der Waals surface area contributed by atoms with Crippen molar-refractivity contribution in [1.82, 2.24) is 5.32 Å². The van der Waals surface area contributed by atoms with Crippen LogP contribution in [0.2, 0.25) is 0 Å². The van der Waals surface area contributed by atoms with Crippen LogP contribution in [-0.2, 0) is 22.4 Å². The van der Waals surface area contributed by atoms with E-state index >= 15 is 0 Å². The number of amides is 2. The van der Waals surface area contributed by atoms with Crippen LogP contribution in [0.3, 0.4) is 0 Å². The third-order valence-corrected chi connectivity index (χ3v) is 4.24. The molecule has 130 valence electrons. The van der Waals surface area contributed by atoms with Crippen LogP contribution in [0.15, 0.2) is 48.5 Å². The number of hydrogen-bond acceptors (Lipinski definition) is 4. The maximum Gasteiger partial charge on any atom is 0.269 e. The molecule has 0 saturated carbocycles. The molecule has 0 aliphatic carbocycles. The van der Waals surface area contributed by atoms with Crippen LogP contribution in [0.5, 0.6) is 0 Å². The average molecular weight is 453 g/mol. The van der Waals surface area contributed by atoms with E-state index in [4.69, 9.17) is 5.73 Å². The zero-order valence-electron chi connectivity index (χ0n) is 13.1.